The lowest BCUT2D eigenvalue weighted by atomic mass is 10.1. The zero-order chi connectivity index (χ0) is 19.3. The molecule has 3 rings (SSSR count). The molecule has 158 valence electrons. The van der Waals surface area contributed by atoms with Gasteiger partial charge in [-0.2, -0.15) is 13.2 Å². The summed E-state index contributed by atoms with van der Waals surface area (Å²) in [5.41, 5.74) is 0.312. The van der Waals surface area contributed by atoms with Gasteiger partial charge < -0.3 is 15.4 Å². The van der Waals surface area contributed by atoms with E-state index in [-0.39, 0.29) is 18.5 Å². The number of nitrogens with one attached hydrogen (secondary N) is 2. The van der Waals surface area contributed by atoms with E-state index in [9.17, 15) is 18.0 Å². The number of ether oxygens (including phenoxy) is 1. The third-order valence-corrected chi connectivity index (χ3v) is 5.13. The van der Waals surface area contributed by atoms with E-state index >= 15 is 0 Å². The standard InChI is InChI=1S/C19H26F3N3O2.ClH/c20-19(21,22)17(25-10-8-23-9-11-25)13-24-18(26)14-4-3-7-16(12-14)27-15-5-1-2-6-15;/h3-4,7,12,15,17,23H,1-2,5-6,8-11,13H2,(H,24,26);1H. The second-order valence-electron chi connectivity index (χ2n) is 7.11. The van der Waals surface area contributed by atoms with Crippen molar-refractivity contribution >= 4 is 18.3 Å². The topological polar surface area (TPSA) is 53.6 Å². The summed E-state index contributed by atoms with van der Waals surface area (Å²) in [5.74, 6) is 0.0697. The molecule has 2 fully saturated rings. The highest BCUT2D eigenvalue weighted by molar-refractivity contribution is 5.94. The van der Waals surface area contributed by atoms with E-state index in [1.165, 1.54) is 4.90 Å². The molecule has 2 aliphatic rings. The van der Waals surface area contributed by atoms with E-state index in [2.05, 4.69) is 10.6 Å². The summed E-state index contributed by atoms with van der Waals surface area (Å²) >= 11 is 0. The normalized spacial score (nSPS) is 19.7. The van der Waals surface area contributed by atoms with Gasteiger partial charge in [0.1, 0.15) is 11.8 Å². The zero-order valence-electron chi connectivity index (χ0n) is 15.6. The fourth-order valence-electron chi connectivity index (χ4n) is 3.65. The summed E-state index contributed by atoms with van der Waals surface area (Å²) in [4.78, 5) is 13.8. The maximum absolute atomic E-state index is 13.4. The van der Waals surface area contributed by atoms with E-state index < -0.39 is 24.7 Å². The lowest BCUT2D eigenvalue weighted by Crippen LogP contribution is -2.57. The van der Waals surface area contributed by atoms with Crippen LogP contribution in [0.2, 0.25) is 0 Å². The van der Waals surface area contributed by atoms with Gasteiger partial charge in [0.05, 0.1) is 6.10 Å². The van der Waals surface area contributed by atoms with Gasteiger partial charge in [-0.1, -0.05) is 6.07 Å². The van der Waals surface area contributed by atoms with Crippen molar-refractivity contribution in [2.45, 2.75) is 44.0 Å². The molecule has 0 spiro atoms. The summed E-state index contributed by atoms with van der Waals surface area (Å²) in [5, 5.41) is 5.48. The van der Waals surface area contributed by atoms with Gasteiger partial charge in [-0.3, -0.25) is 9.69 Å². The third-order valence-electron chi connectivity index (χ3n) is 5.13. The van der Waals surface area contributed by atoms with Crippen LogP contribution in [0.15, 0.2) is 24.3 Å². The molecule has 9 heteroatoms. The molecule has 0 aromatic heterocycles. The minimum absolute atomic E-state index is 0. The molecule has 2 N–H and O–H groups in total. The molecule has 1 aliphatic carbocycles. The number of amides is 1. The Balaban J connectivity index is 0.00000280. The number of halogens is 4. The molecule has 1 aromatic rings. The van der Waals surface area contributed by atoms with Crippen LogP contribution in [0.1, 0.15) is 36.0 Å². The Bertz CT molecular complexity index is 633. The Kier molecular flexibility index (Phi) is 8.39. The fourth-order valence-corrected chi connectivity index (χ4v) is 3.65. The second-order valence-corrected chi connectivity index (χ2v) is 7.11. The lowest BCUT2D eigenvalue weighted by molar-refractivity contribution is -0.183. The van der Waals surface area contributed by atoms with Gasteiger partial charge in [0, 0.05) is 38.3 Å². The largest absolute Gasteiger partial charge is 0.490 e. The highest BCUT2D eigenvalue weighted by Crippen LogP contribution is 2.26. The van der Waals surface area contributed by atoms with Crippen LogP contribution in [0.25, 0.3) is 0 Å². The van der Waals surface area contributed by atoms with Crippen molar-refractivity contribution in [2.75, 3.05) is 32.7 Å². The van der Waals surface area contributed by atoms with Crippen LogP contribution in [0.5, 0.6) is 5.75 Å². The highest BCUT2D eigenvalue weighted by Gasteiger charge is 2.43. The molecular weight excluding hydrogens is 395 g/mol. The predicted octanol–water partition coefficient (Wildman–Crippen LogP) is 3.00. The Morgan fingerprint density at radius 3 is 2.57 bits per heavy atom. The van der Waals surface area contributed by atoms with Crippen LogP contribution < -0.4 is 15.4 Å². The van der Waals surface area contributed by atoms with E-state index in [1.54, 1.807) is 24.3 Å². The molecule has 0 radical (unpaired) electrons. The number of piperazine rings is 1. The van der Waals surface area contributed by atoms with Crippen molar-refractivity contribution in [2.24, 2.45) is 0 Å². The number of hydrogen-bond acceptors (Lipinski definition) is 4. The number of benzene rings is 1. The van der Waals surface area contributed by atoms with Crippen molar-refractivity contribution in [3.05, 3.63) is 29.8 Å². The van der Waals surface area contributed by atoms with Crippen molar-refractivity contribution in [1.82, 2.24) is 15.5 Å². The van der Waals surface area contributed by atoms with Gasteiger partial charge in [0.15, 0.2) is 0 Å². The minimum atomic E-state index is -4.39. The Labute approximate surface area is 169 Å². The number of carbonyl (C=O) groups excluding carboxylic acids is 1. The van der Waals surface area contributed by atoms with Gasteiger partial charge in [0.2, 0.25) is 0 Å². The number of alkyl halides is 3. The van der Waals surface area contributed by atoms with Gasteiger partial charge in [-0.05, 0) is 43.9 Å². The summed E-state index contributed by atoms with van der Waals surface area (Å²) in [7, 11) is 0. The van der Waals surface area contributed by atoms with E-state index in [0.29, 0.717) is 37.5 Å². The summed E-state index contributed by atoms with van der Waals surface area (Å²) in [6.07, 6.45) is 0.0253. The maximum Gasteiger partial charge on any atom is 0.405 e. The number of rotatable bonds is 6. The molecular formula is C19H27ClF3N3O2. The average Bonchev–Trinajstić information content (AvgIpc) is 3.15. The van der Waals surface area contributed by atoms with Crippen LogP contribution in [0.3, 0.4) is 0 Å². The first kappa shape index (κ1) is 22.8. The summed E-state index contributed by atoms with van der Waals surface area (Å²) in [6.45, 7) is 1.19. The predicted molar refractivity (Wildman–Crippen MR) is 103 cm³/mol. The Hall–Kier alpha value is -1.51. The molecule has 1 saturated heterocycles. The maximum atomic E-state index is 13.4. The van der Waals surface area contributed by atoms with E-state index in [0.717, 1.165) is 25.7 Å². The Morgan fingerprint density at radius 1 is 1.25 bits per heavy atom. The van der Waals surface area contributed by atoms with Crippen molar-refractivity contribution in [3.63, 3.8) is 0 Å². The molecule has 28 heavy (non-hydrogen) atoms. The first-order valence-corrected chi connectivity index (χ1v) is 9.50. The number of nitrogens with zero attached hydrogens (tertiary/aromatic N) is 1. The van der Waals surface area contributed by atoms with Gasteiger partial charge in [0.25, 0.3) is 5.91 Å². The van der Waals surface area contributed by atoms with Crippen LogP contribution in [0, 0.1) is 0 Å². The zero-order valence-corrected chi connectivity index (χ0v) is 16.5. The SMILES string of the molecule is Cl.O=C(NCC(N1CCNCC1)C(F)(F)F)c1cccc(OC2CCCC2)c1. The van der Waals surface area contributed by atoms with Gasteiger partial charge in [-0.15, -0.1) is 12.4 Å². The van der Waals surface area contributed by atoms with Gasteiger partial charge >= 0.3 is 6.18 Å². The molecule has 1 atom stereocenters. The summed E-state index contributed by atoms with van der Waals surface area (Å²) in [6, 6.07) is 4.97. The van der Waals surface area contributed by atoms with Crippen molar-refractivity contribution in [1.29, 1.82) is 0 Å². The number of hydrogen-bond donors (Lipinski definition) is 2. The smallest absolute Gasteiger partial charge is 0.405 e. The second kappa shape index (κ2) is 10.3. The van der Waals surface area contributed by atoms with E-state index in [1.807, 2.05) is 0 Å². The van der Waals surface area contributed by atoms with Crippen molar-refractivity contribution < 1.29 is 22.7 Å². The molecule has 1 saturated carbocycles. The third kappa shape index (κ3) is 6.25. The van der Waals surface area contributed by atoms with E-state index in [4.69, 9.17) is 4.74 Å². The summed E-state index contributed by atoms with van der Waals surface area (Å²) < 4.78 is 46.1. The fraction of sp³-hybridized carbons (Fsp3) is 0.632. The highest BCUT2D eigenvalue weighted by atomic mass is 35.5. The first-order chi connectivity index (χ1) is 12.9. The molecule has 1 aromatic carbocycles. The minimum Gasteiger partial charge on any atom is -0.490 e. The molecule has 5 nitrogen and oxygen atoms in total. The molecule has 1 amide bonds. The van der Waals surface area contributed by atoms with Crippen LogP contribution in [-0.4, -0.2) is 61.9 Å². The average molecular weight is 422 g/mol. The van der Waals surface area contributed by atoms with Crippen molar-refractivity contribution in [3.8, 4) is 5.75 Å². The molecule has 1 aliphatic heterocycles. The monoisotopic (exact) mass is 421 g/mol. The Morgan fingerprint density at radius 2 is 1.93 bits per heavy atom. The van der Waals surface area contributed by atoms with Crippen LogP contribution >= 0.6 is 12.4 Å². The quantitative estimate of drug-likeness (QED) is 0.741. The lowest BCUT2D eigenvalue weighted by Gasteiger charge is -2.35. The first-order valence-electron chi connectivity index (χ1n) is 9.50. The number of carbonyl (C=O) groups is 1. The molecule has 1 heterocycles. The molecule has 0 bridgehead atoms. The van der Waals surface area contributed by atoms with Gasteiger partial charge in [-0.25, -0.2) is 0 Å². The van der Waals surface area contributed by atoms with Crippen LogP contribution in [0.4, 0.5) is 13.2 Å². The molecule has 1 unspecified atom stereocenters. The van der Waals surface area contributed by atoms with Crippen LogP contribution in [-0.2, 0) is 0 Å².